The molecule has 0 aliphatic heterocycles. The average molecular weight is 348 g/mol. The number of nitrogens with one attached hydrogen (secondary N) is 1. The van der Waals surface area contributed by atoms with Gasteiger partial charge in [0.25, 0.3) is 0 Å². The standard InChI is InChI=1S/C10H10BrN3O2S2/c11-7-1-2-10(9(12)3-7)18(15,16)14-4-8-5-17-6-13-8/h1-3,5-6,14H,4,12H2. The van der Waals surface area contributed by atoms with Gasteiger partial charge in [0.15, 0.2) is 0 Å². The molecule has 0 bridgehead atoms. The van der Waals surface area contributed by atoms with Crippen molar-refractivity contribution in [1.29, 1.82) is 0 Å². The van der Waals surface area contributed by atoms with Crippen LogP contribution in [0.5, 0.6) is 0 Å². The lowest BCUT2D eigenvalue weighted by Gasteiger charge is -2.08. The van der Waals surface area contributed by atoms with E-state index in [1.807, 2.05) is 0 Å². The number of nitrogen functional groups attached to an aromatic ring is 1. The van der Waals surface area contributed by atoms with Crippen LogP contribution in [0.2, 0.25) is 0 Å². The minimum absolute atomic E-state index is 0.0703. The van der Waals surface area contributed by atoms with E-state index in [1.165, 1.54) is 17.4 Å². The number of thiazole rings is 1. The molecule has 0 saturated carbocycles. The van der Waals surface area contributed by atoms with Crippen molar-refractivity contribution in [2.75, 3.05) is 5.73 Å². The summed E-state index contributed by atoms with van der Waals surface area (Å²) in [5.74, 6) is 0. The number of rotatable bonds is 4. The van der Waals surface area contributed by atoms with Gasteiger partial charge in [-0.1, -0.05) is 15.9 Å². The van der Waals surface area contributed by atoms with Gasteiger partial charge in [-0.25, -0.2) is 18.1 Å². The Kier molecular flexibility index (Phi) is 4.00. The summed E-state index contributed by atoms with van der Waals surface area (Å²) in [7, 11) is -3.61. The smallest absolute Gasteiger partial charge is 0.242 e. The van der Waals surface area contributed by atoms with Gasteiger partial charge < -0.3 is 5.73 Å². The van der Waals surface area contributed by atoms with Crippen molar-refractivity contribution in [3.63, 3.8) is 0 Å². The summed E-state index contributed by atoms with van der Waals surface area (Å²) < 4.78 is 27.3. The maximum Gasteiger partial charge on any atom is 0.242 e. The SMILES string of the molecule is Nc1cc(Br)ccc1S(=O)(=O)NCc1cscn1. The van der Waals surface area contributed by atoms with Crippen molar-refractivity contribution in [1.82, 2.24) is 9.71 Å². The number of sulfonamides is 1. The monoisotopic (exact) mass is 347 g/mol. The lowest BCUT2D eigenvalue weighted by Crippen LogP contribution is -2.24. The Morgan fingerprint density at radius 3 is 2.83 bits per heavy atom. The highest BCUT2D eigenvalue weighted by Crippen LogP contribution is 2.22. The molecule has 0 atom stereocenters. The molecule has 0 spiro atoms. The minimum atomic E-state index is -3.61. The number of halogens is 1. The van der Waals surface area contributed by atoms with E-state index in [0.717, 1.165) is 4.47 Å². The quantitative estimate of drug-likeness (QED) is 0.828. The number of hydrogen-bond acceptors (Lipinski definition) is 5. The minimum Gasteiger partial charge on any atom is -0.398 e. The van der Waals surface area contributed by atoms with Crippen LogP contribution in [0.4, 0.5) is 5.69 Å². The summed E-state index contributed by atoms with van der Waals surface area (Å²) in [6.45, 7) is 0.154. The predicted octanol–water partition coefficient (Wildman–Crippen LogP) is 1.97. The van der Waals surface area contributed by atoms with Gasteiger partial charge in [-0.15, -0.1) is 11.3 Å². The molecule has 0 saturated heterocycles. The molecule has 1 aromatic carbocycles. The first-order valence-corrected chi connectivity index (χ1v) is 8.13. The van der Waals surface area contributed by atoms with E-state index in [4.69, 9.17) is 5.73 Å². The van der Waals surface area contributed by atoms with Crippen LogP contribution in [0.25, 0.3) is 0 Å². The molecule has 8 heteroatoms. The molecular formula is C10H10BrN3O2S2. The zero-order valence-electron chi connectivity index (χ0n) is 9.13. The molecule has 2 aromatic rings. The maximum atomic E-state index is 12.0. The summed E-state index contributed by atoms with van der Waals surface area (Å²) in [5.41, 5.74) is 8.23. The van der Waals surface area contributed by atoms with E-state index >= 15 is 0 Å². The molecule has 0 aliphatic carbocycles. The summed E-state index contributed by atoms with van der Waals surface area (Å²) in [6, 6.07) is 4.65. The van der Waals surface area contributed by atoms with Crippen molar-refractivity contribution < 1.29 is 8.42 Å². The topological polar surface area (TPSA) is 85.1 Å². The van der Waals surface area contributed by atoms with Crippen LogP contribution in [0, 0.1) is 0 Å². The molecule has 96 valence electrons. The van der Waals surface area contributed by atoms with Crippen molar-refractivity contribution in [3.05, 3.63) is 39.3 Å². The fourth-order valence-corrected chi connectivity index (χ4v) is 3.38. The lowest BCUT2D eigenvalue weighted by molar-refractivity contribution is 0.581. The van der Waals surface area contributed by atoms with Gasteiger partial charge >= 0.3 is 0 Å². The van der Waals surface area contributed by atoms with Crippen molar-refractivity contribution in [2.24, 2.45) is 0 Å². The molecule has 1 aromatic heterocycles. The number of aromatic nitrogens is 1. The molecule has 5 nitrogen and oxygen atoms in total. The highest BCUT2D eigenvalue weighted by Gasteiger charge is 2.17. The molecule has 2 rings (SSSR count). The Bertz CT molecular complexity index is 641. The van der Waals surface area contributed by atoms with Gasteiger partial charge in [0.2, 0.25) is 10.0 Å². The second kappa shape index (κ2) is 5.35. The Morgan fingerprint density at radius 2 is 2.22 bits per heavy atom. The second-order valence-electron chi connectivity index (χ2n) is 3.49. The van der Waals surface area contributed by atoms with Crippen LogP contribution < -0.4 is 10.5 Å². The van der Waals surface area contributed by atoms with E-state index < -0.39 is 10.0 Å². The first kappa shape index (κ1) is 13.5. The number of nitrogens with two attached hydrogens (primary N) is 1. The number of nitrogens with zero attached hydrogens (tertiary/aromatic N) is 1. The fraction of sp³-hybridized carbons (Fsp3) is 0.100. The Labute approximate surface area is 117 Å². The molecule has 3 N–H and O–H groups in total. The Hall–Kier alpha value is -0.960. The molecular weight excluding hydrogens is 338 g/mol. The van der Waals surface area contributed by atoms with Crippen molar-refractivity contribution >= 4 is 43.0 Å². The molecule has 0 unspecified atom stereocenters. The average Bonchev–Trinajstić information content (AvgIpc) is 2.78. The normalized spacial score (nSPS) is 11.6. The van der Waals surface area contributed by atoms with Gasteiger partial charge in [-0.3, -0.25) is 0 Å². The van der Waals surface area contributed by atoms with Gasteiger partial charge in [-0.2, -0.15) is 0 Å². The van der Waals surface area contributed by atoms with E-state index in [-0.39, 0.29) is 17.1 Å². The lowest BCUT2D eigenvalue weighted by atomic mass is 10.3. The van der Waals surface area contributed by atoms with Crippen molar-refractivity contribution in [2.45, 2.75) is 11.4 Å². The largest absolute Gasteiger partial charge is 0.398 e. The molecule has 0 fully saturated rings. The van der Waals surface area contributed by atoms with E-state index in [2.05, 4.69) is 25.6 Å². The Morgan fingerprint density at radius 1 is 1.44 bits per heavy atom. The third kappa shape index (κ3) is 3.08. The van der Waals surface area contributed by atoms with Gasteiger partial charge in [0.05, 0.1) is 23.4 Å². The van der Waals surface area contributed by atoms with Gasteiger partial charge in [0.1, 0.15) is 4.90 Å². The van der Waals surface area contributed by atoms with Crippen LogP contribution in [0.15, 0.2) is 38.5 Å². The zero-order valence-corrected chi connectivity index (χ0v) is 12.3. The van der Waals surface area contributed by atoms with Crippen LogP contribution in [0.1, 0.15) is 5.69 Å². The summed E-state index contributed by atoms with van der Waals surface area (Å²) in [4.78, 5) is 4.07. The molecule has 18 heavy (non-hydrogen) atoms. The van der Waals surface area contributed by atoms with Crippen LogP contribution in [-0.4, -0.2) is 13.4 Å². The molecule has 0 radical (unpaired) electrons. The molecule has 1 heterocycles. The highest BCUT2D eigenvalue weighted by molar-refractivity contribution is 9.10. The van der Waals surface area contributed by atoms with Crippen LogP contribution in [0.3, 0.4) is 0 Å². The highest BCUT2D eigenvalue weighted by atomic mass is 79.9. The third-order valence-electron chi connectivity index (χ3n) is 2.19. The van der Waals surface area contributed by atoms with Crippen LogP contribution >= 0.6 is 27.3 Å². The van der Waals surface area contributed by atoms with E-state index in [0.29, 0.717) is 5.69 Å². The predicted molar refractivity (Wildman–Crippen MR) is 74.7 cm³/mol. The second-order valence-corrected chi connectivity index (χ2v) is 6.86. The molecule has 0 amide bonds. The first-order valence-electron chi connectivity index (χ1n) is 4.91. The first-order chi connectivity index (χ1) is 8.49. The zero-order chi connectivity index (χ0) is 13.2. The number of benzene rings is 1. The summed E-state index contributed by atoms with van der Waals surface area (Å²) in [6.07, 6.45) is 0. The van der Waals surface area contributed by atoms with E-state index in [1.54, 1.807) is 23.0 Å². The van der Waals surface area contributed by atoms with Gasteiger partial charge in [-0.05, 0) is 18.2 Å². The molecule has 0 aliphatic rings. The number of hydrogen-bond donors (Lipinski definition) is 2. The van der Waals surface area contributed by atoms with E-state index in [9.17, 15) is 8.42 Å². The fourth-order valence-electron chi connectivity index (χ4n) is 1.34. The summed E-state index contributed by atoms with van der Waals surface area (Å²) >= 11 is 4.64. The number of anilines is 1. The Balaban J connectivity index is 2.20. The maximum absolute atomic E-state index is 12.0. The third-order valence-corrected chi connectivity index (χ3v) is 4.79. The summed E-state index contributed by atoms with van der Waals surface area (Å²) in [5, 5.41) is 1.79. The van der Waals surface area contributed by atoms with Gasteiger partial charge in [0, 0.05) is 9.85 Å². The van der Waals surface area contributed by atoms with Crippen LogP contribution in [-0.2, 0) is 16.6 Å². The van der Waals surface area contributed by atoms with Crippen molar-refractivity contribution in [3.8, 4) is 0 Å².